The molecular formula is C81H93N13O6. The first-order chi connectivity index (χ1) is 47.9. The molecule has 2 amide bonds. The highest BCUT2D eigenvalue weighted by molar-refractivity contribution is 6.07. The fourth-order valence-corrected chi connectivity index (χ4v) is 12.9. The third-order valence-electron chi connectivity index (χ3n) is 18.2. The number of aliphatic imine (C=N–C) groups is 1. The molecule has 19 nitrogen and oxygen atoms in total. The summed E-state index contributed by atoms with van der Waals surface area (Å²) in [7, 11) is 0. The summed E-state index contributed by atoms with van der Waals surface area (Å²) in [6.07, 6.45) is 0.700. The van der Waals surface area contributed by atoms with Gasteiger partial charge in [-0.1, -0.05) is 78.9 Å². The Hall–Kier alpha value is -10.4. The maximum absolute atomic E-state index is 12.8. The van der Waals surface area contributed by atoms with Crippen LogP contribution >= 0.6 is 0 Å². The van der Waals surface area contributed by atoms with Crippen LogP contribution in [0.5, 0.6) is 0 Å². The van der Waals surface area contributed by atoms with Crippen molar-refractivity contribution in [3.05, 3.63) is 203 Å². The zero-order valence-electron chi connectivity index (χ0n) is 59.3. The summed E-state index contributed by atoms with van der Waals surface area (Å²) in [4.78, 5) is 84.4. The Morgan fingerprint density at radius 1 is 0.400 bits per heavy atom. The van der Waals surface area contributed by atoms with Crippen molar-refractivity contribution >= 4 is 68.3 Å². The number of nitrogens with zero attached hydrogens (tertiary/aromatic N) is 7. The molecule has 1 aliphatic rings. The lowest BCUT2D eigenvalue weighted by atomic mass is 9.99. The number of carbonyl (C=O) groups excluding carboxylic acids is 2. The Labute approximate surface area is 585 Å². The van der Waals surface area contributed by atoms with E-state index in [1.54, 1.807) is 48.5 Å². The topological polar surface area (TPSA) is 267 Å². The minimum Gasteiger partial charge on any atom is -0.478 e. The number of hydrogen-bond donors (Lipinski definition) is 8. The van der Waals surface area contributed by atoms with E-state index in [4.69, 9.17) is 30.9 Å². The van der Waals surface area contributed by atoms with Crippen LogP contribution in [0.25, 0.3) is 89.5 Å². The van der Waals surface area contributed by atoms with Crippen LogP contribution in [0.2, 0.25) is 0 Å². The van der Waals surface area contributed by atoms with Gasteiger partial charge in [0, 0.05) is 110 Å². The fourth-order valence-electron chi connectivity index (χ4n) is 12.9. The van der Waals surface area contributed by atoms with Crippen molar-refractivity contribution in [2.75, 3.05) is 39.3 Å². The number of aromatic nitrogens is 6. The second kappa shape index (κ2) is 32.5. The molecule has 9 N–H and O–H groups in total. The highest BCUT2D eigenvalue weighted by atomic mass is 16.4. The summed E-state index contributed by atoms with van der Waals surface area (Å²) >= 11 is 0. The predicted octanol–water partition coefficient (Wildman–Crippen LogP) is 15.2. The predicted molar refractivity (Wildman–Crippen MR) is 404 cm³/mol. The molecule has 4 heterocycles. The molecule has 3 aromatic heterocycles. The smallest absolute Gasteiger partial charge is 0.335 e. The minimum absolute atomic E-state index is 0.0756. The zero-order valence-corrected chi connectivity index (χ0v) is 59.3. The number of benzene rings is 8. The average Bonchev–Trinajstić information content (AvgIpc) is 1.64. The van der Waals surface area contributed by atoms with Crippen LogP contribution in [0.4, 0.5) is 5.69 Å². The second-order valence-electron chi connectivity index (χ2n) is 27.0. The third kappa shape index (κ3) is 17.7. The Kier molecular flexibility index (Phi) is 23.5. The molecule has 0 aliphatic carbocycles. The molecule has 0 saturated carbocycles. The van der Waals surface area contributed by atoms with Gasteiger partial charge >= 0.3 is 11.9 Å². The number of H-pyrrole nitrogens is 3. The van der Waals surface area contributed by atoms with Gasteiger partial charge in [-0.25, -0.2) is 24.5 Å². The number of hydrogen-bond acceptors (Lipinski definition) is 12. The van der Waals surface area contributed by atoms with E-state index in [0.29, 0.717) is 72.7 Å². The molecule has 19 heteroatoms. The Morgan fingerprint density at radius 2 is 0.700 bits per heavy atom. The van der Waals surface area contributed by atoms with E-state index < -0.39 is 11.9 Å². The van der Waals surface area contributed by atoms with Crippen molar-refractivity contribution < 1.29 is 29.4 Å². The molecule has 1 aliphatic heterocycles. The Morgan fingerprint density at radius 3 is 1.02 bits per heavy atom. The van der Waals surface area contributed by atoms with Crippen LogP contribution in [-0.4, -0.2) is 160 Å². The number of rotatable bonds is 24. The number of carboxylic acids is 2. The lowest BCUT2D eigenvalue weighted by Crippen LogP contribution is -2.42. The van der Waals surface area contributed by atoms with Gasteiger partial charge in [-0.3, -0.25) is 29.3 Å². The normalized spacial score (nSPS) is 12.2. The monoisotopic (exact) mass is 1340 g/mol. The summed E-state index contributed by atoms with van der Waals surface area (Å²) < 4.78 is 0. The maximum atomic E-state index is 12.8. The van der Waals surface area contributed by atoms with Crippen LogP contribution in [0.15, 0.2) is 175 Å². The number of aromatic carboxylic acids is 2. The van der Waals surface area contributed by atoms with E-state index >= 15 is 0 Å². The number of carboxylic acid groups (broad SMARTS) is 2. The summed E-state index contributed by atoms with van der Waals surface area (Å²) in [6.45, 7) is 30.8. The minimum atomic E-state index is -0.960. The maximum Gasteiger partial charge on any atom is 0.335 e. The standard InChI is InChI=1S/C44H54N8O2.C29H19N3O4.C8H20N2/c1-27(2)51(28(3)4)23-21-45-43(53)33-13-9-31(10-14-33)41-47-37-19-17-35(25-39(37)49-41)36-18-20-38-40(26-36)50-42(48-38)32-11-15-34(16-12-32)44(54)46-22-24-52(29(5)6)30(7)8;33-28(34)18-5-1-16(2-6-18)24-15-22-10-9-20(13-25(22)30-24)21-11-12-23-26(14-21)32-27(31-23)17-3-7-19(8-4-17)29(35)36;1-7(2)10(6-5-9)8(3)4/h9-20,25-30H,21-24H2,1-8H3,(H,45,53)(H,46,54)(H,47,49)(H,48,50);1-14H,15H2,(H,31,32)(H,33,34)(H,35,36);7-8H,5-6,9H2,1-4H3. The van der Waals surface area contributed by atoms with E-state index in [1.807, 2.05) is 78.9 Å². The van der Waals surface area contributed by atoms with Gasteiger partial charge in [0.25, 0.3) is 11.8 Å². The molecule has 0 atom stereocenters. The molecule has 0 bridgehead atoms. The van der Waals surface area contributed by atoms with Crippen LogP contribution in [0.1, 0.15) is 136 Å². The number of nitrogens with one attached hydrogen (secondary N) is 5. The van der Waals surface area contributed by atoms with Gasteiger partial charge in [0.15, 0.2) is 0 Å². The Bertz CT molecular complexity index is 4500. The lowest BCUT2D eigenvalue weighted by molar-refractivity contribution is 0.0686. The molecule has 518 valence electrons. The molecule has 11 aromatic rings. The molecule has 0 fully saturated rings. The van der Waals surface area contributed by atoms with Crippen molar-refractivity contribution in [1.29, 1.82) is 0 Å². The zero-order chi connectivity index (χ0) is 71.5. The van der Waals surface area contributed by atoms with Gasteiger partial charge in [-0.2, -0.15) is 0 Å². The van der Waals surface area contributed by atoms with E-state index in [-0.39, 0.29) is 22.9 Å². The van der Waals surface area contributed by atoms with Gasteiger partial charge < -0.3 is 41.5 Å². The van der Waals surface area contributed by atoms with Gasteiger partial charge in [0.05, 0.1) is 55.6 Å². The van der Waals surface area contributed by atoms with Crippen molar-refractivity contribution in [2.24, 2.45) is 10.7 Å². The first-order valence-electron chi connectivity index (χ1n) is 34.5. The summed E-state index contributed by atoms with van der Waals surface area (Å²) in [5.74, 6) is 0.121. The number of fused-ring (bicyclic) bond motifs is 4. The number of amides is 2. The van der Waals surface area contributed by atoms with E-state index in [0.717, 1.165) is 132 Å². The van der Waals surface area contributed by atoms with E-state index in [1.165, 1.54) is 0 Å². The number of carbonyl (C=O) groups is 4. The van der Waals surface area contributed by atoms with Gasteiger partial charge in [0.2, 0.25) is 0 Å². The van der Waals surface area contributed by atoms with Gasteiger partial charge in [-0.15, -0.1) is 0 Å². The van der Waals surface area contributed by atoms with Crippen molar-refractivity contribution in [3.63, 3.8) is 0 Å². The number of aromatic amines is 3. The number of nitrogens with two attached hydrogens (primary N) is 1. The van der Waals surface area contributed by atoms with Crippen LogP contribution in [0, 0.1) is 0 Å². The van der Waals surface area contributed by atoms with E-state index in [2.05, 4.69) is 171 Å². The second-order valence-corrected chi connectivity index (χ2v) is 27.0. The quantitative estimate of drug-likeness (QED) is 0.0280. The molecule has 0 unspecified atom stereocenters. The lowest BCUT2D eigenvalue weighted by Gasteiger charge is -2.30. The molecule has 100 heavy (non-hydrogen) atoms. The third-order valence-corrected chi connectivity index (χ3v) is 18.2. The van der Waals surface area contributed by atoms with E-state index in [9.17, 15) is 19.2 Å². The van der Waals surface area contributed by atoms with Crippen LogP contribution in [-0.2, 0) is 6.42 Å². The molecule has 12 rings (SSSR count). The van der Waals surface area contributed by atoms with Crippen LogP contribution in [0.3, 0.4) is 0 Å². The van der Waals surface area contributed by atoms with Crippen molar-refractivity contribution in [1.82, 2.24) is 55.2 Å². The van der Waals surface area contributed by atoms with Crippen molar-refractivity contribution in [3.8, 4) is 56.4 Å². The molecule has 0 saturated heterocycles. The first-order valence-corrected chi connectivity index (χ1v) is 34.5. The molecule has 0 spiro atoms. The highest BCUT2D eigenvalue weighted by Crippen LogP contribution is 2.36. The molecule has 8 aromatic carbocycles. The fraction of sp³-hybridized carbons (Fsp3) is 0.309. The first kappa shape index (κ1) is 72.3. The highest BCUT2D eigenvalue weighted by Gasteiger charge is 2.21. The summed E-state index contributed by atoms with van der Waals surface area (Å²) in [6, 6.07) is 56.1. The van der Waals surface area contributed by atoms with Gasteiger partial charge in [0.1, 0.15) is 17.5 Å². The van der Waals surface area contributed by atoms with Gasteiger partial charge in [-0.05, 0) is 207 Å². The SMILES string of the molecule is CC(C)N(CCN)C(C)C.CC(C)N(CCNC(=O)c1ccc(-c2nc3ccc(-c4ccc5nc(-c6ccc(C(=O)NCCN(C(C)C)C(C)C)cc6)[nH]c5c4)cc3[nH]2)cc1)C(C)C.O=C(O)c1ccc(C2=Nc3cc(-c4ccc5nc(-c6ccc(C(=O)O)cc6)[nH]c5c4)ccc3C2)cc1. The summed E-state index contributed by atoms with van der Waals surface area (Å²) in [5.41, 5.74) is 23.2. The molecule has 0 radical (unpaired) electrons. The van der Waals surface area contributed by atoms with Crippen molar-refractivity contribution in [2.45, 2.75) is 126 Å². The largest absolute Gasteiger partial charge is 0.478 e. The Balaban J connectivity index is 0.000000200. The van der Waals surface area contributed by atoms with Crippen LogP contribution < -0.4 is 16.4 Å². The average molecular weight is 1340 g/mol. The summed E-state index contributed by atoms with van der Waals surface area (Å²) in [5, 5.41) is 24.3. The molecular weight excluding hydrogens is 1250 g/mol. The number of imidazole rings is 3.